The van der Waals surface area contributed by atoms with Gasteiger partial charge in [0, 0.05) is 55.4 Å². The van der Waals surface area contributed by atoms with E-state index in [0.717, 1.165) is 55.4 Å². The fraction of sp³-hybridized carbons (Fsp3) is 0.526. The molecule has 350 valence electrons. The smallest absolute Gasteiger partial charge is 0.303 e. The number of aliphatic hydroxyl groups is 2. The molecule has 1 aromatic carbocycles. The molecule has 2 saturated heterocycles. The van der Waals surface area contributed by atoms with E-state index in [2.05, 4.69) is 0 Å². The van der Waals surface area contributed by atoms with E-state index in [4.69, 9.17) is 47.4 Å². The highest BCUT2D eigenvalue weighted by atomic mass is 32.2. The van der Waals surface area contributed by atoms with Gasteiger partial charge < -0.3 is 67.8 Å². The van der Waals surface area contributed by atoms with E-state index in [9.17, 15) is 68.4 Å². The number of esters is 8. The number of fused-ring (bicyclic) bond motifs is 1. The summed E-state index contributed by atoms with van der Waals surface area (Å²) in [6, 6.07) is 0. The van der Waals surface area contributed by atoms with Gasteiger partial charge in [0.05, 0.1) is 20.9 Å². The Bertz CT molecular complexity index is 2150. The van der Waals surface area contributed by atoms with Gasteiger partial charge in [0.15, 0.2) is 42.4 Å². The molecule has 2 heterocycles. The van der Waals surface area contributed by atoms with Gasteiger partial charge in [-0.25, -0.2) is 0 Å². The zero-order valence-electron chi connectivity index (χ0n) is 35.0. The zero-order valence-corrected chi connectivity index (χ0v) is 36.6. The third kappa shape index (κ3) is 11.7. The van der Waals surface area contributed by atoms with E-state index in [-0.39, 0.29) is 23.5 Å². The molecule has 10 atom stereocenters. The number of ether oxygens (including phenoxy) is 10. The Morgan fingerprint density at radius 3 is 1.08 bits per heavy atom. The molecule has 26 heteroatoms. The lowest BCUT2D eigenvalue weighted by Crippen LogP contribution is -2.61. The molecule has 0 amide bonds. The molecule has 0 unspecified atom stereocenters. The number of allylic oxidation sites excluding steroid dienone is 1. The van der Waals surface area contributed by atoms with Crippen LogP contribution < -0.4 is 0 Å². The molecule has 2 fully saturated rings. The Labute approximate surface area is 370 Å². The molecule has 0 spiro atoms. The Kier molecular flexibility index (Phi) is 16.6. The van der Waals surface area contributed by atoms with Crippen molar-refractivity contribution in [3.05, 3.63) is 16.9 Å². The highest BCUT2D eigenvalue weighted by Crippen LogP contribution is 2.55. The number of carbonyl (C=O) groups excluding carboxylic acids is 10. The summed E-state index contributed by atoms with van der Waals surface area (Å²) in [5, 5.41) is 45.3. The first-order chi connectivity index (χ1) is 29.8. The summed E-state index contributed by atoms with van der Waals surface area (Å²) >= 11 is 0.563. The third-order valence-electron chi connectivity index (χ3n) is 8.83. The molecule has 64 heavy (non-hydrogen) atoms. The van der Waals surface area contributed by atoms with Gasteiger partial charge >= 0.3 is 47.8 Å². The first kappa shape index (κ1) is 50.5. The summed E-state index contributed by atoms with van der Waals surface area (Å²) in [7, 11) is 0. The summed E-state index contributed by atoms with van der Waals surface area (Å²) in [6.45, 7) is 6.32. The molecule has 0 saturated carbocycles. The number of phenols is 2. The van der Waals surface area contributed by atoms with Crippen LogP contribution in [0.4, 0.5) is 0 Å². The summed E-state index contributed by atoms with van der Waals surface area (Å²) < 4.78 is 55.2. The molecule has 1 aliphatic carbocycles. The second-order valence-corrected chi connectivity index (χ2v) is 16.0. The second-order valence-electron chi connectivity index (χ2n) is 13.8. The van der Waals surface area contributed by atoms with Crippen LogP contribution >= 0.6 is 23.5 Å². The van der Waals surface area contributed by atoms with Crippen LogP contribution in [-0.4, -0.2) is 153 Å². The molecule has 4 N–H and O–H groups in total. The Balaban J connectivity index is 2.05. The molecule has 24 nitrogen and oxygen atoms in total. The van der Waals surface area contributed by atoms with E-state index in [1.807, 2.05) is 0 Å². The minimum absolute atomic E-state index is 0.275. The lowest BCUT2D eigenvalue weighted by molar-refractivity contribution is -0.237. The molecule has 4 rings (SSSR count). The average molecular weight is 947 g/mol. The van der Waals surface area contributed by atoms with Crippen LogP contribution in [0.3, 0.4) is 0 Å². The first-order valence-electron chi connectivity index (χ1n) is 18.6. The number of thioether (sulfide) groups is 2. The van der Waals surface area contributed by atoms with E-state index < -0.39 is 176 Å². The third-order valence-corrected chi connectivity index (χ3v) is 11.5. The average Bonchev–Trinajstić information content (AvgIpc) is 3.17. The van der Waals surface area contributed by atoms with Crippen LogP contribution in [-0.2, 0) is 90.5 Å². The van der Waals surface area contributed by atoms with Crippen molar-refractivity contribution in [2.75, 3.05) is 13.2 Å². The standard InChI is InChI=1S/C38H42O24S2/c1-11(39)53-9-19-29(55-13(3)41)31(57-15(5)43)33(59-17(7)45)37(61-19)63-35-25(49)21-22(24(48)28(52)27(51)23(21)47)26(50)36(35)64-38-34(60-18(8)46)32(58-16(6)44)30(56-14(4)42)20(62-38)10-54-12(2)40/h19-20,29-34,37-38,47,49-51H,9-10H2,1-8H3/t19-,20+,29+,30+,31+,32-,33+,34-,37-,38-/m0/s1. The maximum absolute atomic E-state index is 13.4. The van der Waals surface area contributed by atoms with Crippen molar-refractivity contribution in [2.45, 2.75) is 125 Å². The SMILES string of the molecule is CC(=O)OC[C@@H]1O[C@@H](Sc2c(O)c3c(c(O)c2S[C@@H]2O[C@H](COC(C)=O)[C@@H](OC(C)=O)[C@H](OC(C)=O)[C@@H]2OC(C)=O)C(=O)C(=O)C(O)=C3O)[C@H](OC(C)=O)[C@H](OC(C)=O)[C@@H]1OC(C)=O. The molecule has 0 radical (unpaired) electrons. The van der Waals surface area contributed by atoms with Crippen molar-refractivity contribution in [3.63, 3.8) is 0 Å². The van der Waals surface area contributed by atoms with Gasteiger partial charge in [0.25, 0.3) is 5.78 Å². The molecule has 1 aromatic rings. The molecule has 0 bridgehead atoms. The number of benzene rings is 1. The molecule has 0 aromatic heterocycles. The number of aliphatic hydroxyl groups excluding tert-OH is 2. The zero-order chi connectivity index (χ0) is 48.1. The number of Topliss-reactive ketones (excluding diaryl/α,β-unsaturated/α-hetero) is 2. The number of phenolic OH excluding ortho intramolecular Hbond substituents is 2. The van der Waals surface area contributed by atoms with Crippen LogP contribution in [0, 0.1) is 0 Å². The van der Waals surface area contributed by atoms with E-state index in [1.54, 1.807) is 0 Å². The first-order valence-corrected chi connectivity index (χ1v) is 20.4. The van der Waals surface area contributed by atoms with Crippen LogP contribution in [0.15, 0.2) is 15.6 Å². The minimum atomic E-state index is -1.85. The fourth-order valence-electron chi connectivity index (χ4n) is 6.60. The highest BCUT2D eigenvalue weighted by Gasteiger charge is 2.55. The number of hydrogen-bond donors (Lipinski definition) is 4. The fourth-order valence-corrected chi connectivity index (χ4v) is 9.27. The maximum Gasteiger partial charge on any atom is 0.303 e. The minimum Gasteiger partial charge on any atom is -0.506 e. The number of ketones is 2. The van der Waals surface area contributed by atoms with E-state index >= 15 is 0 Å². The number of hydrogen-bond acceptors (Lipinski definition) is 26. The van der Waals surface area contributed by atoms with Crippen LogP contribution in [0.25, 0.3) is 5.76 Å². The van der Waals surface area contributed by atoms with Crippen molar-refractivity contribution in [1.82, 2.24) is 0 Å². The van der Waals surface area contributed by atoms with Crippen LogP contribution in [0.2, 0.25) is 0 Å². The topological polar surface area (TPSA) is 344 Å². The monoisotopic (exact) mass is 946 g/mol. The molecule has 2 aliphatic heterocycles. The van der Waals surface area contributed by atoms with Crippen LogP contribution in [0.1, 0.15) is 71.3 Å². The summed E-state index contributed by atoms with van der Waals surface area (Å²) in [5.74, 6) is -16.5. The lowest BCUT2D eigenvalue weighted by Gasteiger charge is -2.45. The number of rotatable bonds is 14. The van der Waals surface area contributed by atoms with Gasteiger partial charge in [-0.05, 0) is 0 Å². The second kappa shape index (κ2) is 21.0. The van der Waals surface area contributed by atoms with Crippen molar-refractivity contribution < 1.29 is 116 Å². The van der Waals surface area contributed by atoms with Gasteiger partial charge in [-0.15, -0.1) is 0 Å². The van der Waals surface area contributed by atoms with Crippen molar-refractivity contribution in [2.24, 2.45) is 0 Å². The van der Waals surface area contributed by atoms with Crippen molar-refractivity contribution >= 4 is 88.6 Å². The van der Waals surface area contributed by atoms with Gasteiger partial charge in [-0.2, -0.15) is 0 Å². The molecular formula is C38H42O24S2. The highest BCUT2D eigenvalue weighted by molar-refractivity contribution is 8.03. The number of carbonyl (C=O) groups is 10. The van der Waals surface area contributed by atoms with Gasteiger partial charge in [-0.1, -0.05) is 23.5 Å². The lowest BCUT2D eigenvalue weighted by atomic mass is 9.91. The van der Waals surface area contributed by atoms with Gasteiger partial charge in [-0.3, -0.25) is 47.9 Å². The molecule has 3 aliphatic rings. The quantitative estimate of drug-likeness (QED) is 0.0874. The summed E-state index contributed by atoms with van der Waals surface area (Å²) in [6.07, 6.45) is -13.7. The van der Waals surface area contributed by atoms with E-state index in [1.165, 1.54) is 0 Å². The predicted octanol–water partition coefficient (Wildman–Crippen LogP) is 0.998. The van der Waals surface area contributed by atoms with Crippen molar-refractivity contribution in [3.8, 4) is 11.5 Å². The Morgan fingerprint density at radius 1 is 0.438 bits per heavy atom. The Hall–Kier alpha value is -6.12. The maximum atomic E-state index is 13.4. The van der Waals surface area contributed by atoms with Crippen LogP contribution in [0.5, 0.6) is 11.5 Å². The normalized spacial score (nSPS) is 26.4. The van der Waals surface area contributed by atoms with E-state index in [0.29, 0.717) is 0 Å². The summed E-state index contributed by atoms with van der Waals surface area (Å²) in [4.78, 5) is 124. The summed E-state index contributed by atoms with van der Waals surface area (Å²) in [5.41, 5.74) is -5.72. The predicted molar refractivity (Wildman–Crippen MR) is 207 cm³/mol. The number of aromatic hydroxyl groups is 2. The molecular weight excluding hydrogens is 905 g/mol. The van der Waals surface area contributed by atoms with Gasteiger partial charge in [0.2, 0.25) is 11.5 Å². The van der Waals surface area contributed by atoms with Gasteiger partial charge in [0.1, 0.15) is 47.8 Å². The van der Waals surface area contributed by atoms with Crippen molar-refractivity contribution in [1.29, 1.82) is 0 Å². The largest absolute Gasteiger partial charge is 0.506 e. The Morgan fingerprint density at radius 2 is 0.750 bits per heavy atom.